The first-order valence-corrected chi connectivity index (χ1v) is 7.09. The molecule has 3 nitrogen and oxygen atoms in total. The molecule has 2 aliphatic rings. The van der Waals surface area contributed by atoms with Crippen LogP contribution in [0.15, 0.2) is 18.2 Å². The van der Waals surface area contributed by atoms with Crippen LogP contribution in [0.5, 0.6) is 0 Å². The van der Waals surface area contributed by atoms with E-state index in [0.29, 0.717) is 0 Å². The number of fused-ring (bicyclic) bond motifs is 1. The molecule has 1 N–H and O–H groups in total. The van der Waals surface area contributed by atoms with Crippen LogP contribution in [0.1, 0.15) is 17.5 Å². The number of anilines is 1. The van der Waals surface area contributed by atoms with Crippen molar-refractivity contribution in [2.24, 2.45) is 0 Å². The molecule has 0 atom stereocenters. The zero-order valence-corrected chi connectivity index (χ0v) is 11.3. The highest BCUT2D eigenvalue weighted by molar-refractivity contribution is 5.57. The van der Waals surface area contributed by atoms with E-state index in [1.165, 1.54) is 50.3 Å². The number of nitrogens with zero attached hydrogens (tertiary/aromatic N) is 2. The van der Waals surface area contributed by atoms with Crippen LogP contribution < -0.4 is 10.2 Å². The Morgan fingerprint density at radius 2 is 2.06 bits per heavy atom. The Labute approximate surface area is 110 Å². The van der Waals surface area contributed by atoms with Crippen LogP contribution in [-0.2, 0) is 13.0 Å². The summed E-state index contributed by atoms with van der Waals surface area (Å²) in [6.45, 7) is 6.94. The molecule has 0 radical (unpaired) electrons. The van der Waals surface area contributed by atoms with Crippen molar-refractivity contribution in [3.63, 3.8) is 0 Å². The van der Waals surface area contributed by atoms with E-state index in [1.807, 2.05) is 0 Å². The molecule has 2 heterocycles. The fraction of sp³-hybridized carbons (Fsp3) is 0.600. The van der Waals surface area contributed by atoms with Crippen molar-refractivity contribution in [1.29, 1.82) is 0 Å². The molecule has 0 bridgehead atoms. The second kappa shape index (κ2) is 5.29. The Bertz CT molecular complexity index is 416. The molecule has 0 spiro atoms. The van der Waals surface area contributed by atoms with Crippen LogP contribution in [0.2, 0.25) is 0 Å². The van der Waals surface area contributed by atoms with Crippen molar-refractivity contribution in [3.05, 3.63) is 29.3 Å². The van der Waals surface area contributed by atoms with E-state index in [9.17, 15) is 0 Å². The topological polar surface area (TPSA) is 18.5 Å². The summed E-state index contributed by atoms with van der Waals surface area (Å²) in [6, 6.07) is 6.81. The molecule has 1 aromatic rings. The summed E-state index contributed by atoms with van der Waals surface area (Å²) in [4.78, 5) is 5.03. The summed E-state index contributed by atoms with van der Waals surface area (Å²) in [5, 5.41) is 3.46. The second-order valence-electron chi connectivity index (χ2n) is 5.49. The Morgan fingerprint density at radius 3 is 3.00 bits per heavy atom. The molecule has 1 saturated heterocycles. The largest absolute Gasteiger partial charge is 0.370 e. The number of hydrogen-bond donors (Lipinski definition) is 1. The molecular formula is C15H23N3. The molecule has 1 aromatic carbocycles. The number of nitrogens with one attached hydrogen (secondary N) is 1. The van der Waals surface area contributed by atoms with Gasteiger partial charge in [0.05, 0.1) is 0 Å². The minimum Gasteiger partial charge on any atom is -0.370 e. The molecule has 98 valence electrons. The molecule has 1 fully saturated rings. The monoisotopic (exact) mass is 245 g/mol. The average Bonchev–Trinajstić information content (AvgIpc) is 2.63. The van der Waals surface area contributed by atoms with E-state index in [2.05, 4.69) is 40.4 Å². The molecular weight excluding hydrogens is 222 g/mol. The van der Waals surface area contributed by atoms with Crippen LogP contribution in [0, 0.1) is 0 Å². The molecule has 0 aliphatic carbocycles. The minimum absolute atomic E-state index is 1.04. The van der Waals surface area contributed by atoms with Crippen LogP contribution in [0.3, 0.4) is 0 Å². The molecule has 18 heavy (non-hydrogen) atoms. The molecule has 3 rings (SSSR count). The number of rotatable bonds is 1. The zero-order valence-electron chi connectivity index (χ0n) is 11.3. The van der Waals surface area contributed by atoms with Gasteiger partial charge in [-0.05, 0) is 50.2 Å². The maximum atomic E-state index is 3.46. The van der Waals surface area contributed by atoms with Crippen molar-refractivity contribution in [2.75, 3.05) is 44.7 Å². The fourth-order valence-electron chi connectivity index (χ4n) is 3.10. The highest BCUT2D eigenvalue weighted by atomic mass is 15.2. The predicted octanol–water partition coefficient (Wildman–Crippen LogP) is 1.47. The molecule has 0 saturated carbocycles. The fourth-order valence-corrected chi connectivity index (χ4v) is 3.10. The molecule has 0 amide bonds. The second-order valence-corrected chi connectivity index (χ2v) is 5.49. The number of likely N-dealkylation sites (N-methyl/N-ethyl adjacent to an activating group) is 1. The average molecular weight is 245 g/mol. The quantitative estimate of drug-likeness (QED) is 0.808. The van der Waals surface area contributed by atoms with Crippen LogP contribution in [0.4, 0.5) is 5.69 Å². The van der Waals surface area contributed by atoms with Gasteiger partial charge in [-0.1, -0.05) is 12.1 Å². The van der Waals surface area contributed by atoms with E-state index < -0.39 is 0 Å². The lowest BCUT2D eigenvalue weighted by atomic mass is 9.98. The molecule has 3 heteroatoms. The molecule has 2 aliphatic heterocycles. The summed E-state index contributed by atoms with van der Waals surface area (Å²) in [6.07, 6.45) is 2.45. The first-order chi connectivity index (χ1) is 8.84. The Hall–Kier alpha value is -1.06. The van der Waals surface area contributed by atoms with Gasteiger partial charge in [0.25, 0.3) is 0 Å². The number of hydrogen-bond acceptors (Lipinski definition) is 3. The highest BCUT2D eigenvalue weighted by Gasteiger charge is 2.18. The highest BCUT2D eigenvalue weighted by Crippen LogP contribution is 2.27. The van der Waals surface area contributed by atoms with Crippen LogP contribution >= 0.6 is 0 Å². The lowest BCUT2D eigenvalue weighted by Gasteiger charge is -2.29. The Morgan fingerprint density at radius 1 is 1.11 bits per heavy atom. The summed E-state index contributed by atoms with van der Waals surface area (Å²) in [5.74, 6) is 0. The smallest absolute Gasteiger partial charge is 0.0402 e. The first-order valence-electron chi connectivity index (χ1n) is 7.09. The maximum Gasteiger partial charge on any atom is 0.0402 e. The van der Waals surface area contributed by atoms with Gasteiger partial charge in [-0.15, -0.1) is 0 Å². The zero-order chi connectivity index (χ0) is 12.4. The van der Waals surface area contributed by atoms with Crippen molar-refractivity contribution in [1.82, 2.24) is 10.2 Å². The summed E-state index contributed by atoms with van der Waals surface area (Å²) in [5.41, 5.74) is 4.57. The van der Waals surface area contributed by atoms with E-state index >= 15 is 0 Å². The lowest BCUT2D eigenvalue weighted by molar-refractivity contribution is 0.360. The third kappa shape index (κ3) is 2.38. The van der Waals surface area contributed by atoms with Gasteiger partial charge in [0.15, 0.2) is 0 Å². The summed E-state index contributed by atoms with van der Waals surface area (Å²) < 4.78 is 0. The number of benzene rings is 1. The van der Waals surface area contributed by atoms with E-state index in [-0.39, 0.29) is 0 Å². The first kappa shape index (κ1) is 12.0. The molecule has 0 unspecified atom stereocenters. The van der Waals surface area contributed by atoms with Gasteiger partial charge in [-0.2, -0.15) is 0 Å². The van der Waals surface area contributed by atoms with Gasteiger partial charge < -0.3 is 15.1 Å². The van der Waals surface area contributed by atoms with Gasteiger partial charge in [-0.25, -0.2) is 0 Å². The van der Waals surface area contributed by atoms with Crippen molar-refractivity contribution in [2.45, 2.75) is 19.4 Å². The molecule has 0 aromatic heterocycles. The van der Waals surface area contributed by atoms with E-state index in [1.54, 1.807) is 5.56 Å². The lowest BCUT2D eigenvalue weighted by Crippen LogP contribution is -2.31. The van der Waals surface area contributed by atoms with E-state index in [0.717, 1.165) is 13.1 Å². The SMILES string of the molecule is CN1CCCN(c2cccc3c2CCNC3)CC1. The Balaban J connectivity index is 1.87. The normalized spacial score (nSPS) is 21.5. The van der Waals surface area contributed by atoms with Crippen molar-refractivity contribution in [3.8, 4) is 0 Å². The third-order valence-corrected chi connectivity index (χ3v) is 4.18. The summed E-state index contributed by atoms with van der Waals surface area (Å²) in [7, 11) is 2.23. The van der Waals surface area contributed by atoms with Gasteiger partial charge in [-0.3, -0.25) is 0 Å². The van der Waals surface area contributed by atoms with E-state index in [4.69, 9.17) is 0 Å². The van der Waals surface area contributed by atoms with Crippen LogP contribution in [-0.4, -0.2) is 44.7 Å². The van der Waals surface area contributed by atoms with Crippen molar-refractivity contribution >= 4 is 5.69 Å². The van der Waals surface area contributed by atoms with Gasteiger partial charge in [0.1, 0.15) is 0 Å². The standard InChI is InChI=1S/C15H23N3/c1-17-8-3-9-18(11-10-17)15-5-2-4-13-12-16-7-6-14(13)15/h2,4-5,16H,3,6-12H2,1H3. The minimum atomic E-state index is 1.04. The predicted molar refractivity (Wildman–Crippen MR) is 76.2 cm³/mol. The van der Waals surface area contributed by atoms with Crippen LogP contribution in [0.25, 0.3) is 0 Å². The Kier molecular flexibility index (Phi) is 3.52. The van der Waals surface area contributed by atoms with Crippen molar-refractivity contribution < 1.29 is 0 Å². The third-order valence-electron chi connectivity index (χ3n) is 4.18. The van der Waals surface area contributed by atoms with Gasteiger partial charge >= 0.3 is 0 Å². The maximum absolute atomic E-state index is 3.46. The van der Waals surface area contributed by atoms with Gasteiger partial charge in [0.2, 0.25) is 0 Å². The van der Waals surface area contributed by atoms with Gasteiger partial charge in [0, 0.05) is 31.9 Å². The summed E-state index contributed by atoms with van der Waals surface area (Å²) >= 11 is 0.